The average molecular weight is 745 g/mol. The van der Waals surface area contributed by atoms with E-state index >= 15 is 0 Å². The third kappa shape index (κ3) is 5.93. The van der Waals surface area contributed by atoms with Crippen LogP contribution in [0.2, 0.25) is 0 Å². The monoisotopic (exact) mass is 744 g/mol. The molecule has 0 N–H and O–H groups in total. The number of benzene rings is 8. The first kappa shape index (κ1) is 33.0. The number of pyridine rings is 1. The van der Waals surface area contributed by atoms with Gasteiger partial charge in [0.1, 0.15) is 0 Å². The number of aromatic nitrogens is 4. The topological polar surface area (TPSA) is 51.6 Å². The van der Waals surface area contributed by atoms with Crippen LogP contribution in [0.4, 0.5) is 0 Å². The zero-order valence-electron chi connectivity index (χ0n) is 30.7. The van der Waals surface area contributed by atoms with Gasteiger partial charge >= 0.3 is 0 Å². The third-order valence-corrected chi connectivity index (χ3v) is 11.9. The van der Waals surface area contributed by atoms with Gasteiger partial charge in [-0.25, -0.2) is 19.9 Å². The van der Waals surface area contributed by atoms with E-state index in [0.29, 0.717) is 17.5 Å². The lowest BCUT2D eigenvalue weighted by Gasteiger charge is -2.11. The molecule has 0 bridgehead atoms. The first-order chi connectivity index (χ1) is 28.2. The summed E-state index contributed by atoms with van der Waals surface area (Å²) in [4.78, 5) is 20.2. The molecule has 57 heavy (non-hydrogen) atoms. The minimum Gasteiger partial charge on any atom is -0.247 e. The van der Waals surface area contributed by atoms with E-state index in [-0.39, 0.29) is 0 Å². The second-order valence-electron chi connectivity index (χ2n) is 14.2. The third-order valence-electron chi connectivity index (χ3n) is 10.7. The van der Waals surface area contributed by atoms with Gasteiger partial charge in [-0.1, -0.05) is 182 Å². The Morgan fingerprint density at radius 2 is 0.860 bits per heavy atom. The van der Waals surface area contributed by atoms with Crippen molar-refractivity contribution in [3.05, 3.63) is 194 Å². The molecule has 8 aromatic carbocycles. The second kappa shape index (κ2) is 13.7. The van der Waals surface area contributed by atoms with Gasteiger partial charge < -0.3 is 0 Å². The largest absolute Gasteiger partial charge is 0.247 e. The first-order valence-corrected chi connectivity index (χ1v) is 19.9. The van der Waals surface area contributed by atoms with Crippen molar-refractivity contribution in [3.8, 4) is 67.7 Å². The molecule has 0 radical (unpaired) electrons. The van der Waals surface area contributed by atoms with Gasteiger partial charge in [-0.3, -0.25) is 0 Å². The molecular weight excluding hydrogens is 713 g/mol. The highest BCUT2D eigenvalue weighted by Crippen LogP contribution is 2.44. The van der Waals surface area contributed by atoms with Crippen molar-refractivity contribution in [2.45, 2.75) is 0 Å². The van der Waals surface area contributed by atoms with Gasteiger partial charge in [-0.2, -0.15) is 0 Å². The molecule has 0 aliphatic heterocycles. The highest BCUT2D eigenvalue weighted by Gasteiger charge is 2.18. The molecule has 5 heteroatoms. The molecule has 11 rings (SSSR count). The van der Waals surface area contributed by atoms with E-state index in [4.69, 9.17) is 19.9 Å². The minimum absolute atomic E-state index is 0.637. The number of fused-ring (bicyclic) bond motifs is 6. The average Bonchev–Trinajstić information content (AvgIpc) is 3.69. The summed E-state index contributed by atoms with van der Waals surface area (Å²) in [5.74, 6) is 1.93. The van der Waals surface area contributed by atoms with Crippen LogP contribution in [0.1, 0.15) is 0 Å². The Balaban J connectivity index is 0.999. The number of hydrogen-bond donors (Lipinski definition) is 0. The van der Waals surface area contributed by atoms with Crippen LogP contribution < -0.4 is 0 Å². The van der Waals surface area contributed by atoms with Gasteiger partial charge in [-0.05, 0) is 45.2 Å². The summed E-state index contributed by atoms with van der Waals surface area (Å²) in [5.41, 5.74) is 10.5. The van der Waals surface area contributed by atoms with Crippen LogP contribution in [0.15, 0.2) is 194 Å². The summed E-state index contributed by atoms with van der Waals surface area (Å²) < 4.78 is 2.52. The predicted octanol–water partition coefficient (Wildman–Crippen LogP) is 13.9. The molecule has 0 amide bonds. The van der Waals surface area contributed by atoms with Crippen molar-refractivity contribution in [2.24, 2.45) is 0 Å². The Morgan fingerprint density at radius 1 is 0.333 bits per heavy atom. The van der Waals surface area contributed by atoms with E-state index in [1.54, 1.807) is 0 Å². The Kier molecular flexibility index (Phi) is 7.97. The van der Waals surface area contributed by atoms with Crippen LogP contribution in [0.3, 0.4) is 0 Å². The van der Waals surface area contributed by atoms with E-state index in [2.05, 4.69) is 133 Å². The summed E-state index contributed by atoms with van der Waals surface area (Å²) in [6.07, 6.45) is 0. The lowest BCUT2D eigenvalue weighted by Crippen LogP contribution is -2.00. The van der Waals surface area contributed by atoms with Gasteiger partial charge in [0.2, 0.25) is 0 Å². The van der Waals surface area contributed by atoms with E-state index in [0.717, 1.165) is 50.0 Å². The number of rotatable bonds is 6. The maximum Gasteiger partial charge on any atom is 0.164 e. The van der Waals surface area contributed by atoms with Crippen LogP contribution in [0, 0.1) is 0 Å². The first-order valence-electron chi connectivity index (χ1n) is 19.0. The van der Waals surface area contributed by atoms with Gasteiger partial charge in [0.15, 0.2) is 17.5 Å². The van der Waals surface area contributed by atoms with Crippen LogP contribution in [0.5, 0.6) is 0 Å². The molecule has 0 unspecified atom stereocenters. The van der Waals surface area contributed by atoms with E-state index < -0.39 is 0 Å². The molecule has 0 aliphatic carbocycles. The molecule has 266 valence electrons. The van der Waals surface area contributed by atoms with Gasteiger partial charge in [-0.15, -0.1) is 11.3 Å². The molecule has 0 atom stereocenters. The highest BCUT2D eigenvalue weighted by atomic mass is 32.1. The van der Waals surface area contributed by atoms with Crippen molar-refractivity contribution in [1.29, 1.82) is 0 Å². The maximum absolute atomic E-state index is 5.46. The molecule has 3 heterocycles. The zero-order chi connectivity index (χ0) is 37.7. The number of thiophene rings is 1. The van der Waals surface area contributed by atoms with Crippen molar-refractivity contribution >= 4 is 53.2 Å². The number of nitrogens with zero attached hydrogens (tertiary/aromatic N) is 4. The lowest BCUT2D eigenvalue weighted by atomic mass is 9.96. The Bertz CT molecular complexity index is 3200. The van der Waals surface area contributed by atoms with Crippen molar-refractivity contribution < 1.29 is 0 Å². The normalized spacial score (nSPS) is 11.5. The molecular formula is C52H32N4S. The van der Waals surface area contributed by atoms with Gasteiger partial charge in [0, 0.05) is 47.8 Å². The molecule has 4 nitrogen and oxygen atoms in total. The molecule has 0 fully saturated rings. The van der Waals surface area contributed by atoms with Crippen molar-refractivity contribution in [3.63, 3.8) is 0 Å². The fraction of sp³-hybridized carbons (Fsp3) is 0. The van der Waals surface area contributed by atoms with E-state index in [1.807, 2.05) is 72.0 Å². The molecule has 0 spiro atoms. The Labute approximate surface area is 333 Å². The summed E-state index contributed by atoms with van der Waals surface area (Å²) in [7, 11) is 0. The van der Waals surface area contributed by atoms with Crippen LogP contribution >= 0.6 is 11.3 Å². The number of hydrogen-bond acceptors (Lipinski definition) is 5. The van der Waals surface area contributed by atoms with Gasteiger partial charge in [0.25, 0.3) is 0 Å². The summed E-state index contributed by atoms with van der Waals surface area (Å²) in [5, 5.41) is 6.11. The zero-order valence-corrected chi connectivity index (χ0v) is 31.5. The lowest BCUT2D eigenvalue weighted by molar-refractivity contribution is 1.07. The van der Waals surface area contributed by atoms with Gasteiger partial charge in [0.05, 0.1) is 11.2 Å². The summed E-state index contributed by atoms with van der Waals surface area (Å²) >= 11 is 1.84. The minimum atomic E-state index is 0.637. The van der Waals surface area contributed by atoms with E-state index in [1.165, 1.54) is 42.1 Å². The molecule has 0 aliphatic rings. The SMILES string of the molecule is c1ccc(-c2nc(-c3ccccc3)nc(-c3ccc(-c4ccc5c(c4)nc(-c4ccc(-c6cccc7ccccc67)cc4)c4c6ccccc6sc54)cc3)n2)cc1. The quantitative estimate of drug-likeness (QED) is 0.170. The Hall–Kier alpha value is -7.34. The van der Waals surface area contributed by atoms with Crippen LogP contribution in [-0.4, -0.2) is 19.9 Å². The van der Waals surface area contributed by atoms with Crippen molar-refractivity contribution in [2.75, 3.05) is 0 Å². The van der Waals surface area contributed by atoms with Crippen molar-refractivity contribution in [1.82, 2.24) is 19.9 Å². The molecule has 0 saturated carbocycles. The smallest absolute Gasteiger partial charge is 0.164 e. The highest BCUT2D eigenvalue weighted by molar-refractivity contribution is 7.26. The maximum atomic E-state index is 5.46. The van der Waals surface area contributed by atoms with Crippen LogP contribution in [-0.2, 0) is 0 Å². The molecule has 0 saturated heterocycles. The predicted molar refractivity (Wildman–Crippen MR) is 238 cm³/mol. The van der Waals surface area contributed by atoms with Crippen LogP contribution in [0.25, 0.3) is 110 Å². The fourth-order valence-electron chi connectivity index (χ4n) is 7.89. The van der Waals surface area contributed by atoms with E-state index in [9.17, 15) is 0 Å². The summed E-state index contributed by atoms with van der Waals surface area (Å²) in [6, 6.07) is 68.0. The molecule has 11 aromatic rings. The second-order valence-corrected chi connectivity index (χ2v) is 15.3. The summed E-state index contributed by atoms with van der Waals surface area (Å²) in [6.45, 7) is 0. The fourth-order valence-corrected chi connectivity index (χ4v) is 9.12. The standard InChI is InChI=1S/C52H32N4S/c1-3-13-37(14-4-1)50-54-51(38-15-5-2-6-16-38)56-52(55-50)39-28-22-33(23-29-39)40-30-31-43-45(32-40)53-48(47-44-19-9-10-21-46(44)57-49(43)47)36-26-24-35(25-27-36)42-20-11-17-34-12-7-8-18-41(34)42/h1-32H. The Morgan fingerprint density at radius 3 is 1.56 bits per heavy atom. The molecule has 3 aromatic heterocycles.